The van der Waals surface area contributed by atoms with Crippen LogP contribution in [-0.2, 0) is 9.36 Å². The van der Waals surface area contributed by atoms with E-state index in [0.717, 1.165) is 0 Å². The van der Waals surface area contributed by atoms with Gasteiger partial charge in [0.1, 0.15) is 0 Å². The lowest BCUT2D eigenvalue weighted by atomic mass is 11.0. The lowest BCUT2D eigenvalue weighted by Crippen LogP contribution is -2.29. The molecule has 0 aromatic carbocycles. The molecule has 5 N–H and O–H groups in total. The molecule has 1 amide bonds. The predicted octanol–water partition coefficient (Wildman–Crippen LogP) is -1.86. The number of hydrogen-bond acceptors (Lipinski definition) is 2. The topological polar surface area (TPSA) is 125 Å². The summed E-state index contributed by atoms with van der Waals surface area (Å²) in [6.45, 7) is 0. The van der Waals surface area contributed by atoms with Crippen molar-refractivity contribution in [3.05, 3.63) is 0 Å². The maximum atomic E-state index is 9.99. The molecule has 8 heteroatoms. The van der Waals surface area contributed by atoms with Crippen molar-refractivity contribution < 1.29 is 19.1 Å². The zero-order valence-corrected chi connectivity index (χ0v) is 5.65. The van der Waals surface area contributed by atoms with Gasteiger partial charge in [-0.05, 0) is 0 Å². The summed E-state index contributed by atoms with van der Waals surface area (Å²) in [5.41, 5.74) is 4.79. The van der Waals surface area contributed by atoms with E-state index in [1.54, 1.807) is 5.32 Å². The summed E-state index contributed by atoms with van der Waals surface area (Å²) in [6.07, 6.45) is 0.161. The Labute approximate surface area is 56.2 Å². The van der Waals surface area contributed by atoms with Crippen LogP contribution in [0.1, 0.15) is 0 Å². The van der Waals surface area contributed by atoms with Crippen LogP contribution >= 0.6 is 7.75 Å². The molecule has 0 aliphatic rings. The number of nitrogens with zero attached hydrogens (tertiary/aromatic N) is 1. The van der Waals surface area contributed by atoms with Crippen molar-refractivity contribution in [1.29, 1.82) is 0 Å². The minimum absolute atomic E-state index is 0.161. The van der Waals surface area contributed by atoms with E-state index in [9.17, 15) is 9.36 Å². The van der Waals surface area contributed by atoms with Gasteiger partial charge in [0.15, 0.2) is 0 Å². The largest absolute Gasteiger partial charge is 0.451 e. The Morgan fingerprint density at radius 3 is 2.50 bits per heavy atom. The zero-order valence-electron chi connectivity index (χ0n) is 4.76. The van der Waals surface area contributed by atoms with Gasteiger partial charge in [0.05, 0.1) is 0 Å². The smallest absolute Gasteiger partial charge is 0.369 e. The Bertz CT molecular complexity index is 195. The number of rotatable bonds is 2. The van der Waals surface area contributed by atoms with Gasteiger partial charge in [-0.1, -0.05) is 0 Å². The number of carbonyl (C=O) groups is 1. The van der Waals surface area contributed by atoms with Crippen molar-refractivity contribution in [3.63, 3.8) is 0 Å². The van der Waals surface area contributed by atoms with E-state index in [2.05, 4.69) is 4.76 Å². The molecule has 0 aliphatic carbocycles. The normalized spacial score (nSPS) is 12.8. The Balaban J connectivity index is 4.16. The fourth-order valence-corrected chi connectivity index (χ4v) is 0.568. The molecule has 0 radical (unpaired) electrons. The number of carbonyl (C=O) groups excluding carboxylic acids is 1. The second-order valence-electron chi connectivity index (χ2n) is 1.26. The van der Waals surface area contributed by atoms with Crippen molar-refractivity contribution in [1.82, 2.24) is 5.32 Å². The van der Waals surface area contributed by atoms with Gasteiger partial charge in [-0.25, -0.2) is 4.57 Å². The third-order valence-electron chi connectivity index (χ3n) is 0.445. The Hall–Kier alpha value is -0.910. The lowest BCUT2D eigenvalue weighted by molar-refractivity contribution is -0.108. The zero-order chi connectivity index (χ0) is 8.20. The van der Waals surface area contributed by atoms with Crippen LogP contribution in [0.25, 0.3) is 0 Å². The molecular formula is C2H6N3O4P. The molecular weight excluding hydrogens is 161 g/mol. The van der Waals surface area contributed by atoms with E-state index in [4.69, 9.17) is 15.5 Å². The van der Waals surface area contributed by atoms with Crippen LogP contribution < -0.4 is 11.1 Å². The Kier molecular flexibility index (Phi) is 3.01. The first kappa shape index (κ1) is 9.09. The van der Waals surface area contributed by atoms with E-state index in [1.807, 2.05) is 0 Å². The average molecular weight is 167 g/mol. The number of amides is 1. The second kappa shape index (κ2) is 3.31. The summed E-state index contributed by atoms with van der Waals surface area (Å²) in [4.78, 5) is 25.8. The van der Waals surface area contributed by atoms with Gasteiger partial charge in [0.2, 0.25) is 12.4 Å². The highest BCUT2D eigenvalue weighted by Gasteiger charge is 2.10. The summed E-state index contributed by atoms with van der Waals surface area (Å²) < 4.78 is 12.6. The fourth-order valence-electron chi connectivity index (χ4n) is 0.230. The molecule has 0 saturated carbocycles. The molecule has 0 unspecified atom stereocenters. The highest BCUT2D eigenvalue weighted by atomic mass is 31.2. The number of nitrogens with one attached hydrogen (secondary N) is 1. The summed E-state index contributed by atoms with van der Waals surface area (Å²) in [7, 11) is -4.51. The first-order chi connectivity index (χ1) is 4.45. The molecule has 0 aromatic heterocycles. The van der Waals surface area contributed by atoms with E-state index < -0.39 is 13.7 Å². The average Bonchev–Trinajstić information content (AvgIpc) is 1.59. The van der Waals surface area contributed by atoms with Crippen molar-refractivity contribution in [3.8, 4) is 0 Å². The molecule has 0 heterocycles. The van der Waals surface area contributed by atoms with Crippen molar-refractivity contribution in [2.24, 2.45) is 10.5 Å². The van der Waals surface area contributed by atoms with Crippen molar-refractivity contribution in [2.75, 3.05) is 0 Å². The second-order valence-corrected chi connectivity index (χ2v) is 2.49. The molecule has 7 nitrogen and oxygen atoms in total. The van der Waals surface area contributed by atoms with E-state index in [0.29, 0.717) is 0 Å². The van der Waals surface area contributed by atoms with Crippen LogP contribution in [-0.4, -0.2) is 22.2 Å². The molecule has 0 spiro atoms. The minimum atomic E-state index is -4.51. The molecule has 0 aliphatic heterocycles. The molecule has 0 saturated heterocycles. The molecule has 0 bridgehead atoms. The monoisotopic (exact) mass is 167 g/mol. The third kappa shape index (κ3) is 5.23. The Morgan fingerprint density at radius 2 is 2.20 bits per heavy atom. The highest BCUT2D eigenvalue weighted by Crippen LogP contribution is 2.35. The first-order valence-electron chi connectivity index (χ1n) is 2.07. The van der Waals surface area contributed by atoms with Gasteiger partial charge >= 0.3 is 7.75 Å². The van der Waals surface area contributed by atoms with Gasteiger partial charge in [0, 0.05) is 0 Å². The number of guanidine groups is 1. The van der Waals surface area contributed by atoms with Crippen LogP contribution in [0.5, 0.6) is 0 Å². The van der Waals surface area contributed by atoms with Gasteiger partial charge in [0.25, 0.3) is 0 Å². The van der Waals surface area contributed by atoms with Gasteiger partial charge in [-0.3, -0.25) is 10.1 Å². The number of nitrogens with two attached hydrogens (primary N) is 1. The lowest BCUT2D eigenvalue weighted by Gasteiger charge is -1.97. The third-order valence-corrected chi connectivity index (χ3v) is 0.921. The quantitative estimate of drug-likeness (QED) is 0.166. The number of hydrogen-bond donors (Lipinski definition) is 4. The van der Waals surface area contributed by atoms with Crippen LogP contribution in [0.4, 0.5) is 0 Å². The molecule has 10 heavy (non-hydrogen) atoms. The highest BCUT2D eigenvalue weighted by molar-refractivity contribution is 7.50. The van der Waals surface area contributed by atoms with Crippen LogP contribution in [0, 0.1) is 0 Å². The van der Waals surface area contributed by atoms with Crippen LogP contribution in [0.2, 0.25) is 0 Å². The summed E-state index contributed by atoms with van der Waals surface area (Å²) in [5.74, 6) is -0.608. The standard InChI is InChI=1S/C2H6N3O4P/c3-2(4-1-6)5-10(7,8)9/h1H,(H5,3,4,5,6,7,8,9). The SMILES string of the molecule is NC(=NP(=O)(O)O)NC=O. The van der Waals surface area contributed by atoms with Crippen molar-refractivity contribution in [2.45, 2.75) is 0 Å². The maximum absolute atomic E-state index is 9.99. The first-order valence-corrected chi connectivity index (χ1v) is 3.63. The van der Waals surface area contributed by atoms with Gasteiger partial charge < -0.3 is 15.5 Å². The molecule has 0 aromatic rings. The molecule has 0 fully saturated rings. The van der Waals surface area contributed by atoms with Crippen LogP contribution in [0.15, 0.2) is 4.76 Å². The molecule has 0 rings (SSSR count). The van der Waals surface area contributed by atoms with Gasteiger partial charge in [-0.2, -0.15) is 0 Å². The van der Waals surface area contributed by atoms with E-state index in [1.165, 1.54) is 0 Å². The van der Waals surface area contributed by atoms with Crippen molar-refractivity contribution >= 4 is 20.1 Å². The minimum Gasteiger partial charge on any atom is -0.369 e. The molecule has 58 valence electrons. The molecule has 0 atom stereocenters. The van der Waals surface area contributed by atoms with E-state index >= 15 is 0 Å². The summed E-state index contributed by atoms with van der Waals surface area (Å²) in [5, 5.41) is 1.76. The maximum Gasteiger partial charge on any atom is 0.451 e. The van der Waals surface area contributed by atoms with E-state index in [-0.39, 0.29) is 6.41 Å². The summed E-state index contributed by atoms with van der Waals surface area (Å²) >= 11 is 0. The predicted molar refractivity (Wildman–Crippen MR) is 32.9 cm³/mol. The van der Waals surface area contributed by atoms with Crippen LogP contribution in [0.3, 0.4) is 0 Å². The fraction of sp³-hybridized carbons (Fsp3) is 0. The summed E-state index contributed by atoms with van der Waals surface area (Å²) in [6, 6.07) is 0. The van der Waals surface area contributed by atoms with Gasteiger partial charge in [-0.15, -0.1) is 4.76 Å². The Morgan fingerprint density at radius 1 is 1.70 bits per heavy atom.